The number of carbonyl (C=O) groups is 1. The Morgan fingerprint density at radius 2 is 2.31 bits per heavy atom. The molecule has 1 amide bonds. The third-order valence-electron chi connectivity index (χ3n) is 2.66. The molecule has 0 spiro atoms. The van der Waals surface area contributed by atoms with Gasteiger partial charge in [0, 0.05) is 12.1 Å². The van der Waals surface area contributed by atoms with E-state index in [9.17, 15) is 4.79 Å². The number of ether oxygens (including phenoxy) is 1. The Balaban J connectivity index is 1.94. The van der Waals surface area contributed by atoms with Crippen LogP contribution >= 0.6 is 0 Å². The first-order valence-corrected chi connectivity index (χ1v) is 5.80. The molecule has 0 radical (unpaired) electrons. The molecule has 1 fully saturated rings. The van der Waals surface area contributed by atoms with Crippen molar-refractivity contribution in [3.63, 3.8) is 0 Å². The summed E-state index contributed by atoms with van der Waals surface area (Å²) in [5.74, 6) is 1.45. The standard InChI is InChI=1S/C13H17NO2/c1-2-16-12-5-3-4-11(8-12)13(15)14-9-10-6-7-10/h3-5,8,10H,2,6-7,9H2,1H3,(H,14,15). The van der Waals surface area contributed by atoms with E-state index >= 15 is 0 Å². The maximum absolute atomic E-state index is 11.8. The lowest BCUT2D eigenvalue weighted by Gasteiger charge is -2.06. The van der Waals surface area contributed by atoms with Crippen molar-refractivity contribution in [3.05, 3.63) is 29.8 Å². The average Bonchev–Trinajstić information content (AvgIpc) is 3.10. The van der Waals surface area contributed by atoms with E-state index in [1.165, 1.54) is 12.8 Å². The first kappa shape index (κ1) is 11.0. The van der Waals surface area contributed by atoms with E-state index in [1.54, 1.807) is 6.07 Å². The molecule has 0 aliphatic heterocycles. The normalized spacial score (nSPS) is 14.6. The van der Waals surface area contributed by atoms with E-state index in [0.29, 0.717) is 18.1 Å². The van der Waals surface area contributed by atoms with E-state index in [2.05, 4.69) is 5.32 Å². The van der Waals surface area contributed by atoms with Crippen molar-refractivity contribution in [3.8, 4) is 5.75 Å². The summed E-state index contributed by atoms with van der Waals surface area (Å²) in [5.41, 5.74) is 0.673. The van der Waals surface area contributed by atoms with Crippen molar-refractivity contribution in [2.75, 3.05) is 13.2 Å². The molecule has 0 aromatic heterocycles. The SMILES string of the molecule is CCOc1cccc(C(=O)NCC2CC2)c1. The van der Waals surface area contributed by atoms with Crippen LogP contribution in [0.4, 0.5) is 0 Å². The molecule has 1 aliphatic carbocycles. The van der Waals surface area contributed by atoms with Crippen LogP contribution in [0.1, 0.15) is 30.1 Å². The summed E-state index contributed by atoms with van der Waals surface area (Å²) in [6.45, 7) is 3.35. The fourth-order valence-corrected chi connectivity index (χ4v) is 1.55. The Hall–Kier alpha value is -1.51. The lowest BCUT2D eigenvalue weighted by atomic mass is 10.2. The number of hydrogen-bond acceptors (Lipinski definition) is 2. The van der Waals surface area contributed by atoms with E-state index in [-0.39, 0.29) is 5.91 Å². The van der Waals surface area contributed by atoms with Crippen molar-refractivity contribution in [1.29, 1.82) is 0 Å². The van der Waals surface area contributed by atoms with Crippen LogP contribution in [0.15, 0.2) is 24.3 Å². The number of benzene rings is 1. The van der Waals surface area contributed by atoms with Gasteiger partial charge >= 0.3 is 0 Å². The molecule has 1 aliphatic rings. The second kappa shape index (κ2) is 5.01. The minimum atomic E-state index is -0.00606. The molecule has 16 heavy (non-hydrogen) atoms. The Labute approximate surface area is 95.8 Å². The topological polar surface area (TPSA) is 38.3 Å². The van der Waals surface area contributed by atoms with Gasteiger partial charge in [-0.15, -0.1) is 0 Å². The summed E-state index contributed by atoms with van der Waals surface area (Å²) in [6.07, 6.45) is 2.50. The third-order valence-corrected chi connectivity index (χ3v) is 2.66. The van der Waals surface area contributed by atoms with Gasteiger partial charge in [-0.1, -0.05) is 6.07 Å². The molecule has 1 aromatic carbocycles. The highest BCUT2D eigenvalue weighted by Crippen LogP contribution is 2.27. The number of rotatable bonds is 5. The molecule has 0 atom stereocenters. The Morgan fingerprint density at radius 3 is 3.00 bits per heavy atom. The molecule has 0 saturated heterocycles. The predicted molar refractivity (Wildman–Crippen MR) is 62.7 cm³/mol. The summed E-state index contributed by atoms with van der Waals surface area (Å²) in [5, 5.41) is 2.94. The van der Waals surface area contributed by atoms with Crippen molar-refractivity contribution < 1.29 is 9.53 Å². The third kappa shape index (κ3) is 2.99. The fraction of sp³-hybridized carbons (Fsp3) is 0.462. The molecular formula is C13H17NO2. The van der Waals surface area contributed by atoms with Crippen molar-refractivity contribution in [2.24, 2.45) is 5.92 Å². The largest absolute Gasteiger partial charge is 0.494 e. The second-order valence-electron chi connectivity index (χ2n) is 4.11. The second-order valence-corrected chi connectivity index (χ2v) is 4.11. The summed E-state index contributed by atoms with van der Waals surface area (Å²) in [4.78, 5) is 11.8. The lowest BCUT2D eigenvalue weighted by molar-refractivity contribution is 0.0951. The van der Waals surface area contributed by atoms with E-state index < -0.39 is 0 Å². The summed E-state index contributed by atoms with van der Waals surface area (Å²) >= 11 is 0. The van der Waals surface area contributed by atoms with Gasteiger partial charge in [-0.25, -0.2) is 0 Å². The van der Waals surface area contributed by atoms with Crippen LogP contribution in [0.5, 0.6) is 5.75 Å². The maximum Gasteiger partial charge on any atom is 0.251 e. The van der Waals surface area contributed by atoms with Gasteiger partial charge in [0.1, 0.15) is 5.75 Å². The Kier molecular flexibility index (Phi) is 3.44. The van der Waals surface area contributed by atoms with Gasteiger partial charge in [0.25, 0.3) is 5.91 Å². The molecule has 0 bridgehead atoms. The number of hydrogen-bond donors (Lipinski definition) is 1. The van der Waals surface area contributed by atoms with Gasteiger partial charge in [0.05, 0.1) is 6.61 Å². The van der Waals surface area contributed by atoms with Gasteiger partial charge in [0.2, 0.25) is 0 Å². The highest BCUT2D eigenvalue weighted by Gasteiger charge is 2.21. The first-order chi connectivity index (χ1) is 7.79. The maximum atomic E-state index is 11.8. The van der Waals surface area contributed by atoms with Crippen LogP contribution in [-0.2, 0) is 0 Å². The predicted octanol–water partition coefficient (Wildman–Crippen LogP) is 2.23. The van der Waals surface area contributed by atoms with Crippen LogP contribution in [0.3, 0.4) is 0 Å². The van der Waals surface area contributed by atoms with E-state index in [0.717, 1.165) is 12.3 Å². The summed E-state index contributed by atoms with van der Waals surface area (Å²) in [7, 11) is 0. The fourth-order valence-electron chi connectivity index (χ4n) is 1.55. The summed E-state index contributed by atoms with van der Waals surface area (Å²) < 4.78 is 5.35. The Bertz CT molecular complexity index is 372. The molecular weight excluding hydrogens is 202 g/mol. The molecule has 1 N–H and O–H groups in total. The van der Waals surface area contributed by atoms with Crippen LogP contribution < -0.4 is 10.1 Å². The van der Waals surface area contributed by atoms with Crippen molar-refractivity contribution in [1.82, 2.24) is 5.32 Å². The molecule has 0 unspecified atom stereocenters. The van der Waals surface area contributed by atoms with Crippen LogP contribution in [0.2, 0.25) is 0 Å². The van der Waals surface area contributed by atoms with Crippen LogP contribution in [0, 0.1) is 5.92 Å². The van der Waals surface area contributed by atoms with Gasteiger partial charge in [0.15, 0.2) is 0 Å². The monoisotopic (exact) mass is 219 g/mol. The smallest absolute Gasteiger partial charge is 0.251 e. The lowest BCUT2D eigenvalue weighted by Crippen LogP contribution is -2.25. The minimum Gasteiger partial charge on any atom is -0.494 e. The molecule has 3 heteroatoms. The molecule has 86 valence electrons. The molecule has 1 saturated carbocycles. The van der Waals surface area contributed by atoms with Crippen LogP contribution in [-0.4, -0.2) is 19.1 Å². The van der Waals surface area contributed by atoms with Crippen molar-refractivity contribution in [2.45, 2.75) is 19.8 Å². The minimum absolute atomic E-state index is 0.00606. The first-order valence-electron chi connectivity index (χ1n) is 5.80. The zero-order chi connectivity index (χ0) is 11.4. The summed E-state index contributed by atoms with van der Waals surface area (Å²) in [6, 6.07) is 7.30. The van der Waals surface area contributed by atoms with Gasteiger partial charge in [-0.3, -0.25) is 4.79 Å². The Morgan fingerprint density at radius 1 is 1.50 bits per heavy atom. The van der Waals surface area contributed by atoms with Crippen molar-refractivity contribution >= 4 is 5.91 Å². The molecule has 3 nitrogen and oxygen atoms in total. The molecule has 2 rings (SSSR count). The zero-order valence-electron chi connectivity index (χ0n) is 9.53. The van der Waals surface area contributed by atoms with E-state index in [4.69, 9.17) is 4.74 Å². The highest BCUT2D eigenvalue weighted by atomic mass is 16.5. The molecule has 0 heterocycles. The van der Waals surface area contributed by atoms with Gasteiger partial charge in [-0.2, -0.15) is 0 Å². The number of carbonyl (C=O) groups excluding carboxylic acids is 1. The van der Waals surface area contributed by atoms with E-state index in [1.807, 2.05) is 25.1 Å². The number of nitrogens with one attached hydrogen (secondary N) is 1. The number of amides is 1. The quantitative estimate of drug-likeness (QED) is 0.824. The van der Waals surface area contributed by atoms with Gasteiger partial charge < -0.3 is 10.1 Å². The average molecular weight is 219 g/mol. The van der Waals surface area contributed by atoms with Gasteiger partial charge in [-0.05, 0) is 43.9 Å². The zero-order valence-corrected chi connectivity index (χ0v) is 9.53. The highest BCUT2D eigenvalue weighted by molar-refractivity contribution is 5.94. The molecule has 1 aromatic rings. The van der Waals surface area contributed by atoms with Crippen LogP contribution in [0.25, 0.3) is 0 Å².